The average Bonchev–Trinajstić information content (AvgIpc) is 2.97. The fraction of sp³-hybridized carbons (Fsp3) is 0.238. The molecule has 1 heterocycles. The first-order valence-electron chi connectivity index (χ1n) is 8.89. The summed E-state index contributed by atoms with van der Waals surface area (Å²) in [6.07, 6.45) is -0.551. The van der Waals surface area contributed by atoms with Crippen molar-refractivity contribution in [3.63, 3.8) is 0 Å². The van der Waals surface area contributed by atoms with Crippen molar-refractivity contribution in [2.75, 3.05) is 6.61 Å². The largest absolute Gasteiger partial charge is 0.462 e. The molecule has 0 atom stereocenters. The minimum absolute atomic E-state index is 0.143. The van der Waals surface area contributed by atoms with E-state index in [1.807, 2.05) is 60.1 Å². The van der Waals surface area contributed by atoms with Crippen LogP contribution in [0.1, 0.15) is 28.5 Å². The standard InChI is InChI=1S/C21H21BrN2O4/c1-3-27-20(25)19-16-10-9-15(22)11-17(16)24(2)18(19)12-23-21(26)28-13-14-7-5-4-6-8-14/h4-11H,3,12-13H2,1-2H3,(H,23,26). The zero-order valence-electron chi connectivity index (χ0n) is 15.7. The van der Waals surface area contributed by atoms with Gasteiger partial charge in [0.2, 0.25) is 0 Å². The second kappa shape index (κ2) is 8.93. The fourth-order valence-corrected chi connectivity index (χ4v) is 3.38. The Balaban J connectivity index is 1.79. The summed E-state index contributed by atoms with van der Waals surface area (Å²) in [5.74, 6) is -0.412. The van der Waals surface area contributed by atoms with Crippen LogP contribution in [0.25, 0.3) is 10.9 Å². The molecule has 0 saturated carbocycles. The number of rotatable bonds is 6. The van der Waals surface area contributed by atoms with E-state index in [0.29, 0.717) is 11.3 Å². The number of esters is 1. The van der Waals surface area contributed by atoms with Crippen LogP contribution in [0.4, 0.5) is 4.79 Å². The number of benzene rings is 2. The third kappa shape index (κ3) is 4.36. The third-order valence-electron chi connectivity index (χ3n) is 4.38. The summed E-state index contributed by atoms with van der Waals surface area (Å²) in [5.41, 5.74) is 2.88. The Hall–Kier alpha value is -2.80. The molecule has 1 aromatic heterocycles. The highest BCUT2D eigenvalue weighted by atomic mass is 79.9. The molecule has 2 aromatic carbocycles. The van der Waals surface area contributed by atoms with Gasteiger partial charge in [-0.05, 0) is 24.6 Å². The quantitative estimate of drug-likeness (QED) is 0.566. The number of aromatic nitrogens is 1. The Bertz CT molecular complexity index is 999. The number of alkyl carbamates (subject to hydrolysis) is 1. The number of ether oxygens (including phenoxy) is 2. The SMILES string of the molecule is CCOC(=O)c1c(CNC(=O)OCc2ccccc2)n(C)c2cc(Br)ccc12. The molecular weight excluding hydrogens is 424 g/mol. The Morgan fingerprint density at radius 2 is 1.86 bits per heavy atom. The predicted octanol–water partition coefficient (Wildman–Crippen LogP) is 4.54. The first-order chi connectivity index (χ1) is 13.5. The lowest BCUT2D eigenvalue weighted by molar-refractivity contribution is 0.0526. The maximum atomic E-state index is 12.5. The van der Waals surface area contributed by atoms with Gasteiger partial charge in [-0.15, -0.1) is 0 Å². The molecule has 0 bridgehead atoms. The molecule has 146 valence electrons. The van der Waals surface area contributed by atoms with Crippen LogP contribution in [0, 0.1) is 0 Å². The highest BCUT2D eigenvalue weighted by Gasteiger charge is 2.22. The van der Waals surface area contributed by atoms with E-state index in [4.69, 9.17) is 9.47 Å². The van der Waals surface area contributed by atoms with Crippen LogP contribution in [-0.2, 0) is 29.7 Å². The molecule has 0 radical (unpaired) electrons. The molecule has 0 saturated heterocycles. The summed E-state index contributed by atoms with van der Waals surface area (Å²) in [6, 6.07) is 15.1. The van der Waals surface area contributed by atoms with Crippen LogP contribution in [-0.4, -0.2) is 23.2 Å². The summed E-state index contributed by atoms with van der Waals surface area (Å²) in [7, 11) is 1.85. The highest BCUT2D eigenvalue weighted by molar-refractivity contribution is 9.10. The molecule has 1 amide bonds. The van der Waals surface area contributed by atoms with Gasteiger partial charge in [0.25, 0.3) is 0 Å². The average molecular weight is 445 g/mol. The van der Waals surface area contributed by atoms with Crippen molar-refractivity contribution >= 4 is 38.9 Å². The minimum atomic E-state index is -0.551. The van der Waals surface area contributed by atoms with Crippen LogP contribution in [0.3, 0.4) is 0 Å². The maximum absolute atomic E-state index is 12.5. The second-order valence-electron chi connectivity index (χ2n) is 6.18. The molecule has 0 aliphatic carbocycles. The van der Waals surface area contributed by atoms with Gasteiger partial charge >= 0.3 is 12.1 Å². The zero-order valence-corrected chi connectivity index (χ0v) is 17.3. The van der Waals surface area contributed by atoms with E-state index in [1.165, 1.54) is 0 Å². The summed E-state index contributed by atoms with van der Waals surface area (Å²) >= 11 is 3.45. The van der Waals surface area contributed by atoms with Gasteiger partial charge in [-0.3, -0.25) is 0 Å². The number of fused-ring (bicyclic) bond motifs is 1. The van der Waals surface area contributed by atoms with E-state index in [0.717, 1.165) is 20.9 Å². The molecular formula is C21H21BrN2O4. The molecule has 0 spiro atoms. The monoisotopic (exact) mass is 444 g/mol. The van der Waals surface area contributed by atoms with Gasteiger partial charge in [0.15, 0.2) is 0 Å². The molecule has 1 N–H and O–H groups in total. The van der Waals surface area contributed by atoms with E-state index >= 15 is 0 Å². The number of aryl methyl sites for hydroxylation is 1. The van der Waals surface area contributed by atoms with E-state index in [9.17, 15) is 9.59 Å². The Kier molecular flexibility index (Phi) is 6.36. The maximum Gasteiger partial charge on any atom is 0.407 e. The van der Waals surface area contributed by atoms with Crippen molar-refractivity contribution in [1.29, 1.82) is 0 Å². The van der Waals surface area contributed by atoms with Gasteiger partial charge in [0.05, 0.1) is 29.9 Å². The van der Waals surface area contributed by atoms with Crippen LogP contribution in [0.2, 0.25) is 0 Å². The van der Waals surface area contributed by atoms with Crippen molar-refractivity contribution < 1.29 is 19.1 Å². The number of amides is 1. The highest BCUT2D eigenvalue weighted by Crippen LogP contribution is 2.29. The van der Waals surface area contributed by atoms with Crippen molar-refractivity contribution in [3.05, 3.63) is 69.8 Å². The van der Waals surface area contributed by atoms with Crippen LogP contribution in [0.5, 0.6) is 0 Å². The number of nitrogens with one attached hydrogen (secondary N) is 1. The van der Waals surface area contributed by atoms with Gasteiger partial charge < -0.3 is 19.4 Å². The van der Waals surface area contributed by atoms with E-state index in [2.05, 4.69) is 21.2 Å². The number of hydrogen-bond donors (Lipinski definition) is 1. The summed E-state index contributed by atoms with van der Waals surface area (Å²) in [5, 5.41) is 3.50. The predicted molar refractivity (Wildman–Crippen MR) is 110 cm³/mol. The van der Waals surface area contributed by atoms with Crippen molar-refractivity contribution in [2.45, 2.75) is 20.1 Å². The number of carbonyl (C=O) groups is 2. The molecule has 7 heteroatoms. The Morgan fingerprint density at radius 3 is 2.57 bits per heavy atom. The Labute approximate surface area is 171 Å². The normalized spacial score (nSPS) is 10.7. The topological polar surface area (TPSA) is 69.6 Å². The molecule has 0 aliphatic heterocycles. The molecule has 3 aromatic rings. The van der Waals surface area contributed by atoms with E-state index < -0.39 is 12.1 Å². The van der Waals surface area contributed by atoms with Crippen LogP contribution in [0.15, 0.2) is 53.0 Å². The second-order valence-corrected chi connectivity index (χ2v) is 7.09. The molecule has 6 nitrogen and oxygen atoms in total. The minimum Gasteiger partial charge on any atom is -0.462 e. The number of carbonyl (C=O) groups excluding carboxylic acids is 2. The van der Waals surface area contributed by atoms with Crippen LogP contribution >= 0.6 is 15.9 Å². The zero-order chi connectivity index (χ0) is 20.1. The summed E-state index contributed by atoms with van der Waals surface area (Å²) < 4.78 is 13.3. The molecule has 0 fully saturated rings. The first kappa shape index (κ1) is 19.9. The molecule has 3 rings (SSSR count). The lowest BCUT2D eigenvalue weighted by Gasteiger charge is -2.10. The van der Waals surface area contributed by atoms with Crippen molar-refractivity contribution in [3.8, 4) is 0 Å². The molecule has 28 heavy (non-hydrogen) atoms. The molecule has 0 aliphatic rings. The van der Waals surface area contributed by atoms with E-state index in [1.54, 1.807) is 6.92 Å². The van der Waals surface area contributed by atoms with Crippen LogP contribution < -0.4 is 5.32 Å². The lowest BCUT2D eigenvalue weighted by atomic mass is 10.1. The number of halogens is 1. The van der Waals surface area contributed by atoms with Crippen molar-refractivity contribution in [1.82, 2.24) is 9.88 Å². The van der Waals surface area contributed by atoms with Crippen molar-refractivity contribution in [2.24, 2.45) is 7.05 Å². The summed E-state index contributed by atoms with van der Waals surface area (Å²) in [6.45, 7) is 2.36. The van der Waals surface area contributed by atoms with Gasteiger partial charge in [-0.2, -0.15) is 0 Å². The fourth-order valence-electron chi connectivity index (χ4n) is 3.03. The van der Waals surface area contributed by atoms with Gasteiger partial charge in [0.1, 0.15) is 6.61 Å². The smallest absolute Gasteiger partial charge is 0.407 e. The molecule has 0 unspecified atom stereocenters. The number of nitrogens with zero attached hydrogens (tertiary/aromatic N) is 1. The van der Waals surface area contributed by atoms with Gasteiger partial charge in [-0.25, -0.2) is 9.59 Å². The Morgan fingerprint density at radius 1 is 1.11 bits per heavy atom. The first-order valence-corrected chi connectivity index (χ1v) is 9.69. The third-order valence-corrected chi connectivity index (χ3v) is 4.87. The van der Waals surface area contributed by atoms with Gasteiger partial charge in [0, 0.05) is 16.9 Å². The number of hydrogen-bond acceptors (Lipinski definition) is 4. The van der Waals surface area contributed by atoms with E-state index in [-0.39, 0.29) is 19.8 Å². The van der Waals surface area contributed by atoms with Gasteiger partial charge in [-0.1, -0.05) is 52.3 Å². The summed E-state index contributed by atoms with van der Waals surface area (Å²) in [4.78, 5) is 24.7. The lowest BCUT2D eigenvalue weighted by Crippen LogP contribution is -2.26.